The molecule has 0 spiro atoms. The van der Waals surface area contributed by atoms with Crippen LogP contribution in [0.2, 0.25) is 0 Å². The number of nitrogens with one attached hydrogen (secondary N) is 1. The van der Waals surface area contributed by atoms with Gasteiger partial charge in [-0.3, -0.25) is 9.59 Å². The molecule has 0 radical (unpaired) electrons. The van der Waals surface area contributed by atoms with E-state index in [-0.39, 0.29) is 23.2 Å². The van der Waals surface area contributed by atoms with Crippen molar-refractivity contribution in [1.29, 1.82) is 0 Å². The first-order chi connectivity index (χ1) is 15.5. The fourth-order valence-electron chi connectivity index (χ4n) is 5.77. The Morgan fingerprint density at radius 1 is 1.12 bits per heavy atom. The molecule has 32 heavy (non-hydrogen) atoms. The van der Waals surface area contributed by atoms with Crippen molar-refractivity contribution in [3.63, 3.8) is 0 Å². The Bertz CT molecular complexity index is 1270. The number of benzene rings is 1. The van der Waals surface area contributed by atoms with E-state index in [1.165, 1.54) is 6.07 Å². The lowest BCUT2D eigenvalue weighted by molar-refractivity contribution is -0.123. The fraction of sp³-hybridized carbons (Fsp3) is 0.308. The lowest BCUT2D eigenvalue weighted by Gasteiger charge is -2.51. The van der Waals surface area contributed by atoms with Crippen LogP contribution in [0.3, 0.4) is 0 Å². The number of hydrogen-bond acceptors (Lipinski definition) is 5. The Hall–Kier alpha value is -3.54. The van der Waals surface area contributed by atoms with Gasteiger partial charge in [-0.25, -0.2) is 9.97 Å². The zero-order chi connectivity index (χ0) is 22.5. The monoisotopic (exact) mass is 427 g/mol. The summed E-state index contributed by atoms with van der Waals surface area (Å²) < 4.78 is 0. The Morgan fingerprint density at radius 3 is 2.59 bits per heavy atom. The van der Waals surface area contributed by atoms with Crippen LogP contribution in [-0.2, 0) is 16.6 Å². The molecule has 2 heterocycles. The van der Waals surface area contributed by atoms with Crippen molar-refractivity contribution in [1.82, 2.24) is 15.0 Å². The summed E-state index contributed by atoms with van der Waals surface area (Å²) >= 11 is 0. The van der Waals surface area contributed by atoms with Crippen LogP contribution in [0.15, 0.2) is 65.3 Å². The average molecular weight is 428 g/mol. The van der Waals surface area contributed by atoms with Crippen LogP contribution in [-0.4, -0.2) is 25.8 Å². The number of carbonyl (C=O) groups excluding carboxylic acids is 1. The molecule has 1 fully saturated rings. The maximum atomic E-state index is 13.0. The number of H-pyrrole nitrogens is 1. The first kappa shape index (κ1) is 20.4. The number of allylic oxidation sites excluding steroid dienone is 1. The Balaban J connectivity index is 1.83. The molecule has 1 aromatic carbocycles. The molecular weight excluding hydrogens is 402 g/mol. The summed E-state index contributed by atoms with van der Waals surface area (Å²) in [6.07, 6.45) is 4.63. The van der Waals surface area contributed by atoms with Crippen LogP contribution in [0.1, 0.15) is 42.4 Å². The molecule has 2 aromatic heterocycles. The number of aromatic nitrogens is 3. The van der Waals surface area contributed by atoms with Gasteiger partial charge in [-0.05, 0) is 43.7 Å². The third-order valence-corrected chi connectivity index (χ3v) is 7.19. The smallest absolute Gasteiger partial charge is 0.247 e. The van der Waals surface area contributed by atoms with Gasteiger partial charge in [0.05, 0.1) is 17.6 Å². The second kappa shape index (κ2) is 7.55. The number of ketones is 1. The Labute approximate surface area is 186 Å². The van der Waals surface area contributed by atoms with E-state index < -0.39 is 5.41 Å². The molecular formula is C26H25N3O3. The van der Waals surface area contributed by atoms with E-state index in [1.807, 2.05) is 32.0 Å². The highest BCUT2D eigenvalue weighted by atomic mass is 16.2. The van der Waals surface area contributed by atoms with E-state index >= 15 is 0 Å². The van der Waals surface area contributed by atoms with Gasteiger partial charge >= 0.3 is 0 Å². The average Bonchev–Trinajstić information content (AvgIpc) is 2.81. The standard InChI is InChI=1S/C26H25N3O3/c1-15-21-10-9-20-23(17-8-11-22(31)27-13-17)28-16(2)29-25(20)26(21,12-18(14-30)24(15)32)19-6-4-3-5-7-19/h3-8,11,13-15,21,30H,9-10,12H2,1-2H3,(H,27,31)/t15-,21-,26+/m0/s1. The summed E-state index contributed by atoms with van der Waals surface area (Å²) in [4.78, 5) is 37.1. The number of pyridine rings is 1. The topological polar surface area (TPSA) is 95.9 Å². The van der Waals surface area contributed by atoms with E-state index in [0.717, 1.165) is 47.2 Å². The highest BCUT2D eigenvalue weighted by Gasteiger charge is 2.55. The zero-order valence-corrected chi connectivity index (χ0v) is 18.1. The van der Waals surface area contributed by atoms with Gasteiger partial charge in [0, 0.05) is 40.3 Å². The second-order valence-corrected chi connectivity index (χ2v) is 8.85. The Kier molecular flexibility index (Phi) is 4.81. The van der Waals surface area contributed by atoms with Gasteiger partial charge in [-0.15, -0.1) is 0 Å². The molecule has 2 aliphatic carbocycles. The summed E-state index contributed by atoms with van der Waals surface area (Å²) in [5, 5.41) is 9.94. The van der Waals surface area contributed by atoms with Crippen molar-refractivity contribution >= 4 is 5.78 Å². The number of aliphatic hydroxyl groups excluding tert-OH is 1. The molecule has 3 atom stereocenters. The van der Waals surface area contributed by atoms with Crippen molar-refractivity contribution in [2.45, 2.75) is 38.5 Å². The van der Waals surface area contributed by atoms with Crippen molar-refractivity contribution in [3.05, 3.63) is 93.5 Å². The molecule has 0 aliphatic heterocycles. The minimum atomic E-state index is -0.540. The normalized spacial score (nSPS) is 25.9. The van der Waals surface area contributed by atoms with E-state index in [9.17, 15) is 14.7 Å². The van der Waals surface area contributed by atoms with Crippen molar-refractivity contribution in [2.24, 2.45) is 11.8 Å². The van der Waals surface area contributed by atoms with Crippen LogP contribution in [0.4, 0.5) is 0 Å². The first-order valence-electron chi connectivity index (χ1n) is 11.0. The van der Waals surface area contributed by atoms with Gasteiger partial charge in [0.1, 0.15) is 5.82 Å². The number of Topliss-reactive ketones (excluding diaryl/α,β-unsaturated/α-hetero) is 1. The number of aryl methyl sites for hydroxylation is 1. The highest BCUT2D eigenvalue weighted by molar-refractivity contribution is 5.98. The number of nitrogens with zero attached hydrogens (tertiary/aromatic N) is 2. The molecule has 0 unspecified atom stereocenters. The molecule has 3 aromatic rings. The van der Waals surface area contributed by atoms with Gasteiger partial charge in [-0.2, -0.15) is 0 Å². The number of fused-ring (bicyclic) bond motifs is 3. The van der Waals surface area contributed by atoms with E-state index in [2.05, 4.69) is 17.1 Å². The van der Waals surface area contributed by atoms with Crippen molar-refractivity contribution in [2.75, 3.05) is 0 Å². The largest absolute Gasteiger partial charge is 0.515 e. The highest BCUT2D eigenvalue weighted by Crippen LogP contribution is 2.56. The van der Waals surface area contributed by atoms with Gasteiger partial charge in [0.2, 0.25) is 5.56 Å². The lowest BCUT2D eigenvalue weighted by Crippen LogP contribution is -2.51. The first-order valence-corrected chi connectivity index (χ1v) is 11.0. The predicted molar refractivity (Wildman–Crippen MR) is 121 cm³/mol. The molecule has 2 aliphatic rings. The predicted octanol–water partition coefficient (Wildman–Crippen LogP) is 4.04. The summed E-state index contributed by atoms with van der Waals surface area (Å²) in [5.41, 5.74) is 4.45. The molecule has 1 saturated carbocycles. The van der Waals surface area contributed by atoms with Crippen molar-refractivity contribution in [3.8, 4) is 11.3 Å². The summed E-state index contributed by atoms with van der Waals surface area (Å²) in [6.45, 7) is 3.84. The molecule has 0 bridgehead atoms. The summed E-state index contributed by atoms with van der Waals surface area (Å²) in [7, 11) is 0. The third-order valence-electron chi connectivity index (χ3n) is 7.19. The van der Waals surface area contributed by atoms with Gasteiger partial charge < -0.3 is 10.1 Å². The maximum Gasteiger partial charge on any atom is 0.247 e. The molecule has 0 saturated heterocycles. The number of aliphatic hydroxyl groups is 1. The van der Waals surface area contributed by atoms with Crippen LogP contribution in [0.25, 0.3) is 11.3 Å². The number of rotatable bonds is 2. The summed E-state index contributed by atoms with van der Waals surface area (Å²) in [6, 6.07) is 13.5. The zero-order valence-electron chi connectivity index (χ0n) is 18.1. The second-order valence-electron chi connectivity index (χ2n) is 8.85. The number of aromatic amines is 1. The lowest BCUT2D eigenvalue weighted by atomic mass is 9.52. The Morgan fingerprint density at radius 2 is 1.91 bits per heavy atom. The molecule has 5 rings (SSSR count). The summed E-state index contributed by atoms with van der Waals surface area (Å²) in [5.74, 6) is 0.479. The fourth-order valence-corrected chi connectivity index (χ4v) is 5.77. The SMILES string of the molecule is Cc1nc(-c2ccc(=O)[nH]c2)c2c(n1)[C@@]1(c3ccccc3)CC(=CO)C(=O)[C@@H](C)[C@@H]1CC2. The van der Waals surface area contributed by atoms with Crippen molar-refractivity contribution < 1.29 is 9.90 Å². The van der Waals surface area contributed by atoms with Crippen LogP contribution < -0.4 is 5.56 Å². The van der Waals surface area contributed by atoms with Crippen LogP contribution in [0, 0.1) is 18.8 Å². The molecule has 162 valence electrons. The molecule has 2 N–H and O–H groups in total. The van der Waals surface area contributed by atoms with Gasteiger partial charge in [0.25, 0.3) is 0 Å². The molecule has 6 nitrogen and oxygen atoms in total. The minimum Gasteiger partial charge on any atom is -0.515 e. The number of hydrogen-bond donors (Lipinski definition) is 2. The maximum absolute atomic E-state index is 13.0. The number of carbonyl (C=O) groups is 1. The van der Waals surface area contributed by atoms with E-state index in [1.54, 1.807) is 12.3 Å². The van der Waals surface area contributed by atoms with E-state index in [0.29, 0.717) is 17.8 Å². The van der Waals surface area contributed by atoms with Crippen LogP contribution >= 0.6 is 0 Å². The third kappa shape index (κ3) is 2.93. The minimum absolute atomic E-state index is 0.0131. The van der Waals surface area contributed by atoms with E-state index in [4.69, 9.17) is 9.97 Å². The molecule has 6 heteroatoms. The van der Waals surface area contributed by atoms with Gasteiger partial charge in [-0.1, -0.05) is 37.3 Å². The van der Waals surface area contributed by atoms with Crippen LogP contribution in [0.5, 0.6) is 0 Å². The van der Waals surface area contributed by atoms with Gasteiger partial charge in [0.15, 0.2) is 5.78 Å². The quantitative estimate of drug-likeness (QED) is 0.475. The molecule has 0 amide bonds.